The molecule has 29 heavy (non-hydrogen) atoms. The van der Waals surface area contributed by atoms with E-state index in [2.05, 4.69) is 14.9 Å². The number of benzene rings is 1. The summed E-state index contributed by atoms with van der Waals surface area (Å²) >= 11 is 9.11. The Morgan fingerprint density at radius 3 is 2.97 bits per heavy atom. The number of carbonyl (C=O) groups is 2. The second-order valence-electron chi connectivity index (χ2n) is 6.52. The normalized spacial score (nSPS) is 15.3. The second-order valence-corrected chi connectivity index (χ2v) is 8.62. The summed E-state index contributed by atoms with van der Waals surface area (Å²) in [4.78, 5) is 25.2. The molecule has 3 heterocycles. The molecule has 148 valence electrons. The van der Waals surface area contributed by atoms with Gasteiger partial charge in [0.25, 0.3) is 0 Å². The highest BCUT2D eigenvalue weighted by Gasteiger charge is 2.26. The molecule has 1 unspecified atom stereocenters. The molecule has 1 amide bonds. The standard InChI is InChI=1S/C20H16ClN3O3S2/c1-11(25)17-3-4-18(29-17)12-6-13-7-15(27-20(13)16(21)8-12)9-22-19(26)5-2-14-10-28-24-23-14/h2-6,8,10,15H,7,9H2,1H3,(H,22,26)/b5-2+. The fraction of sp³-hybridized carbons (Fsp3) is 0.200. The molecule has 9 heteroatoms. The number of amides is 1. The van der Waals surface area contributed by atoms with E-state index in [0.717, 1.165) is 20.9 Å². The lowest BCUT2D eigenvalue weighted by atomic mass is 10.1. The Labute approximate surface area is 180 Å². The van der Waals surface area contributed by atoms with Crippen LogP contribution < -0.4 is 10.1 Å². The van der Waals surface area contributed by atoms with Gasteiger partial charge in [-0.1, -0.05) is 16.1 Å². The Kier molecular flexibility index (Phi) is 5.75. The van der Waals surface area contributed by atoms with E-state index in [1.807, 2.05) is 24.3 Å². The molecule has 1 N–H and O–H groups in total. The third-order valence-corrected chi connectivity index (χ3v) is 6.42. The summed E-state index contributed by atoms with van der Waals surface area (Å²) in [7, 11) is 0. The molecule has 0 radical (unpaired) electrons. The maximum atomic E-state index is 12.0. The summed E-state index contributed by atoms with van der Waals surface area (Å²) < 4.78 is 9.67. The summed E-state index contributed by atoms with van der Waals surface area (Å²) in [5.41, 5.74) is 2.60. The number of ether oxygens (including phenoxy) is 1. The monoisotopic (exact) mass is 445 g/mol. The van der Waals surface area contributed by atoms with Gasteiger partial charge in [0.2, 0.25) is 5.91 Å². The van der Waals surface area contributed by atoms with Gasteiger partial charge in [-0.25, -0.2) is 0 Å². The number of halogens is 1. The predicted molar refractivity (Wildman–Crippen MR) is 115 cm³/mol. The average molecular weight is 446 g/mol. The van der Waals surface area contributed by atoms with Gasteiger partial charge in [0.1, 0.15) is 11.9 Å². The summed E-state index contributed by atoms with van der Waals surface area (Å²) in [6, 6.07) is 7.64. The molecule has 1 aromatic carbocycles. The topological polar surface area (TPSA) is 81.2 Å². The minimum Gasteiger partial charge on any atom is -0.486 e. The van der Waals surface area contributed by atoms with Gasteiger partial charge >= 0.3 is 0 Å². The van der Waals surface area contributed by atoms with Crippen LogP contribution in [0.15, 0.2) is 35.7 Å². The van der Waals surface area contributed by atoms with Gasteiger partial charge in [0, 0.05) is 28.3 Å². The molecular formula is C20H16ClN3O3S2. The fourth-order valence-corrected chi connectivity index (χ4v) is 4.60. The molecule has 6 nitrogen and oxygen atoms in total. The molecule has 4 rings (SSSR count). The third kappa shape index (κ3) is 4.55. The number of fused-ring (bicyclic) bond motifs is 1. The Morgan fingerprint density at radius 1 is 1.38 bits per heavy atom. The Hall–Kier alpha value is -2.55. The zero-order chi connectivity index (χ0) is 20.4. The van der Waals surface area contributed by atoms with Crippen LogP contribution in [0.25, 0.3) is 16.5 Å². The van der Waals surface area contributed by atoms with E-state index in [1.165, 1.54) is 28.9 Å². The number of carbonyl (C=O) groups excluding carboxylic acids is 2. The quantitative estimate of drug-likeness (QED) is 0.453. The van der Waals surface area contributed by atoms with E-state index in [4.69, 9.17) is 16.3 Å². The molecule has 0 spiro atoms. The van der Waals surface area contributed by atoms with Crippen molar-refractivity contribution in [2.75, 3.05) is 6.54 Å². The molecule has 0 fully saturated rings. The maximum absolute atomic E-state index is 12.0. The van der Waals surface area contributed by atoms with E-state index < -0.39 is 0 Å². The Balaban J connectivity index is 1.40. The van der Waals surface area contributed by atoms with Gasteiger partial charge in [-0.15, -0.1) is 16.4 Å². The van der Waals surface area contributed by atoms with Crippen molar-refractivity contribution in [3.05, 3.63) is 56.9 Å². The number of Topliss-reactive ketones (excluding diaryl/α,β-unsaturated/α-hetero) is 1. The van der Waals surface area contributed by atoms with Crippen molar-refractivity contribution in [2.24, 2.45) is 0 Å². The van der Waals surface area contributed by atoms with Crippen LogP contribution in [0.4, 0.5) is 0 Å². The van der Waals surface area contributed by atoms with Gasteiger partial charge in [-0.05, 0) is 54.4 Å². The summed E-state index contributed by atoms with van der Waals surface area (Å²) in [6.45, 7) is 1.92. The summed E-state index contributed by atoms with van der Waals surface area (Å²) in [5, 5.41) is 8.97. The van der Waals surface area contributed by atoms with E-state index in [1.54, 1.807) is 18.4 Å². The van der Waals surface area contributed by atoms with Gasteiger partial charge < -0.3 is 10.1 Å². The number of hydrogen-bond donors (Lipinski definition) is 1. The van der Waals surface area contributed by atoms with Crippen molar-refractivity contribution in [3.8, 4) is 16.2 Å². The van der Waals surface area contributed by atoms with Gasteiger partial charge in [-0.2, -0.15) is 0 Å². The second kappa shape index (κ2) is 8.44. The minimum absolute atomic E-state index is 0.0488. The summed E-state index contributed by atoms with van der Waals surface area (Å²) in [5.74, 6) is 0.481. The first-order valence-electron chi connectivity index (χ1n) is 8.83. The number of nitrogens with zero attached hydrogens (tertiary/aromatic N) is 2. The Bertz CT molecular complexity index is 1090. The van der Waals surface area contributed by atoms with Crippen LogP contribution in [0, 0.1) is 0 Å². The first-order valence-corrected chi connectivity index (χ1v) is 10.9. The number of aromatic nitrogens is 2. The Morgan fingerprint density at radius 2 is 2.24 bits per heavy atom. The van der Waals surface area contributed by atoms with Crippen LogP contribution in [-0.2, 0) is 11.2 Å². The van der Waals surface area contributed by atoms with Crippen LogP contribution >= 0.6 is 34.5 Å². The van der Waals surface area contributed by atoms with Crippen molar-refractivity contribution in [1.82, 2.24) is 14.9 Å². The summed E-state index contributed by atoms with van der Waals surface area (Å²) in [6.07, 6.45) is 3.50. The fourth-order valence-electron chi connectivity index (χ4n) is 3.00. The van der Waals surface area contributed by atoms with Crippen molar-refractivity contribution in [2.45, 2.75) is 19.4 Å². The molecular weight excluding hydrogens is 430 g/mol. The van der Waals surface area contributed by atoms with E-state index >= 15 is 0 Å². The van der Waals surface area contributed by atoms with Crippen molar-refractivity contribution in [1.29, 1.82) is 0 Å². The third-order valence-electron chi connectivity index (χ3n) is 4.38. The smallest absolute Gasteiger partial charge is 0.244 e. The first kappa shape index (κ1) is 19.8. The van der Waals surface area contributed by atoms with Crippen LogP contribution in [-0.4, -0.2) is 33.9 Å². The molecule has 1 atom stereocenters. The number of rotatable bonds is 6. The van der Waals surface area contributed by atoms with Gasteiger partial charge in [0.05, 0.1) is 22.1 Å². The molecule has 0 saturated carbocycles. The number of nitrogens with one attached hydrogen (secondary N) is 1. The lowest BCUT2D eigenvalue weighted by Crippen LogP contribution is -2.33. The highest BCUT2D eigenvalue weighted by atomic mass is 35.5. The molecule has 1 aliphatic rings. The molecule has 3 aromatic rings. The number of thiophene rings is 1. The SMILES string of the molecule is CC(=O)c1ccc(-c2cc(Cl)c3c(c2)CC(CNC(=O)/C=C/c2csnn2)O3)s1. The van der Waals surface area contributed by atoms with Crippen LogP contribution in [0.2, 0.25) is 5.02 Å². The van der Waals surface area contributed by atoms with Crippen molar-refractivity contribution >= 4 is 52.2 Å². The minimum atomic E-state index is -0.223. The van der Waals surface area contributed by atoms with E-state index in [-0.39, 0.29) is 17.8 Å². The molecule has 0 bridgehead atoms. The highest BCUT2D eigenvalue weighted by Crippen LogP contribution is 2.41. The largest absolute Gasteiger partial charge is 0.486 e. The first-order chi connectivity index (χ1) is 14.0. The van der Waals surface area contributed by atoms with Gasteiger partial charge in [0.15, 0.2) is 5.78 Å². The average Bonchev–Trinajstić information content (AvgIpc) is 3.44. The van der Waals surface area contributed by atoms with Crippen molar-refractivity contribution in [3.63, 3.8) is 0 Å². The zero-order valence-electron chi connectivity index (χ0n) is 15.3. The lowest BCUT2D eigenvalue weighted by Gasteiger charge is -2.11. The van der Waals surface area contributed by atoms with Crippen LogP contribution in [0.5, 0.6) is 5.75 Å². The highest BCUT2D eigenvalue weighted by molar-refractivity contribution is 7.17. The number of ketones is 1. The number of hydrogen-bond acceptors (Lipinski definition) is 7. The molecule has 0 aliphatic carbocycles. The van der Waals surface area contributed by atoms with Gasteiger partial charge in [-0.3, -0.25) is 9.59 Å². The van der Waals surface area contributed by atoms with E-state index in [0.29, 0.717) is 29.4 Å². The zero-order valence-corrected chi connectivity index (χ0v) is 17.7. The van der Waals surface area contributed by atoms with Crippen LogP contribution in [0.1, 0.15) is 27.9 Å². The lowest BCUT2D eigenvalue weighted by molar-refractivity contribution is -0.116. The molecule has 1 aliphatic heterocycles. The maximum Gasteiger partial charge on any atom is 0.244 e. The molecule has 0 saturated heterocycles. The van der Waals surface area contributed by atoms with Crippen LogP contribution in [0.3, 0.4) is 0 Å². The predicted octanol–water partition coefficient (Wildman–Crippen LogP) is 4.26. The van der Waals surface area contributed by atoms with Crippen molar-refractivity contribution < 1.29 is 14.3 Å². The van der Waals surface area contributed by atoms with E-state index in [9.17, 15) is 9.59 Å². The molecule has 2 aromatic heterocycles.